The SMILES string of the molecule is CO[C@H]1O[C@@H](CN)[C@@H](OS(C)(=O)=O)[C@H](OC)[C@H]1NC(=O)c1ccccc1. The van der Waals surface area contributed by atoms with Crippen molar-refractivity contribution in [3.8, 4) is 0 Å². The number of nitrogens with two attached hydrogens (primary N) is 1. The molecule has 9 nitrogen and oxygen atoms in total. The molecule has 0 aliphatic carbocycles. The van der Waals surface area contributed by atoms with Gasteiger partial charge in [-0.3, -0.25) is 8.98 Å². The van der Waals surface area contributed by atoms with Crippen molar-refractivity contribution in [3.63, 3.8) is 0 Å². The molecule has 0 saturated carbocycles. The predicted molar refractivity (Wildman–Crippen MR) is 92.9 cm³/mol. The molecule has 0 spiro atoms. The summed E-state index contributed by atoms with van der Waals surface area (Å²) in [5.41, 5.74) is 6.12. The molecule has 1 amide bonds. The average molecular weight is 388 g/mol. The quantitative estimate of drug-likeness (QED) is 0.597. The zero-order chi connectivity index (χ0) is 19.3. The maximum absolute atomic E-state index is 12.5. The molecule has 0 aromatic heterocycles. The molecule has 2 rings (SSSR count). The van der Waals surface area contributed by atoms with Crippen LogP contribution in [0.5, 0.6) is 0 Å². The van der Waals surface area contributed by atoms with Crippen LogP contribution in [0.25, 0.3) is 0 Å². The van der Waals surface area contributed by atoms with Gasteiger partial charge in [-0.15, -0.1) is 0 Å². The lowest BCUT2D eigenvalue weighted by atomic mass is 9.96. The third-order valence-electron chi connectivity index (χ3n) is 4.00. The molecular formula is C16H24N2O7S. The van der Waals surface area contributed by atoms with Crippen molar-refractivity contribution in [1.29, 1.82) is 0 Å². The van der Waals surface area contributed by atoms with Crippen LogP contribution < -0.4 is 11.1 Å². The lowest BCUT2D eigenvalue weighted by Crippen LogP contribution is -2.66. The summed E-state index contributed by atoms with van der Waals surface area (Å²) in [6.45, 7) is -0.0146. The van der Waals surface area contributed by atoms with Crippen LogP contribution in [0.4, 0.5) is 0 Å². The first kappa shape index (κ1) is 20.7. The van der Waals surface area contributed by atoms with Crippen molar-refractivity contribution in [3.05, 3.63) is 35.9 Å². The summed E-state index contributed by atoms with van der Waals surface area (Å²) in [5.74, 6) is -0.382. The van der Waals surface area contributed by atoms with Gasteiger partial charge >= 0.3 is 0 Å². The van der Waals surface area contributed by atoms with E-state index in [1.165, 1.54) is 14.2 Å². The predicted octanol–water partition coefficient (Wildman–Crippen LogP) is -0.525. The lowest BCUT2D eigenvalue weighted by molar-refractivity contribution is -0.251. The molecule has 0 radical (unpaired) electrons. The van der Waals surface area contributed by atoms with Crippen molar-refractivity contribution < 1.29 is 31.6 Å². The summed E-state index contributed by atoms with van der Waals surface area (Å²) in [4.78, 5) is 12.5. The third-order valence-corrected chi connectivity index (χ3v) is 4.57. The minimum absolute atomic E-state index is 0.0146. The van der Waals surface area contributed by atoms with Gasteiger partial charge in [0.25, 0.3) is 16.0 Å². The summed E-state index contributed by atoms with van der Waals surface area (Å²) in [5, 5.41) is 2.77. The van der Waals surface area contributed by atoms with Gasteiger partial charge in [-0.2, -0.15) is 8.42 Å². The van der Waals surface area contributed by atoms with E-state index >= 15 is 0 Å². The van der Waals surface area contributed by atoms with E-state index in [1.54, 1.807) is 30.3 Å². The molecule has 1 saturated heterocycles. The molecule has 0 unspecified atom stereocenters. The molecule has 26 heavy (non-hydrogen) atoms. The van der Waals surface area contributed by atoms with Crippen LogP contribution in [0.15, 0.2) is 30.3 Å². The van der Waals surface area contributed by atoms with Gasteiger partial charge in [0.2, 0.25) is 0 Å². The first-order valence-electron chi connectivity index (χ1n) is 7.96. The van der Waals surface area contributed by atoms with Gasteiger partial charge in [-0.25, -0.2) is 0 Å². The second-order valence-corrected chi connectivity index (χ2v) is 7.45. The Morgan fingerprint density at radius 3 is 2.35 bits per heavy atom. The third kappa shape index (κ3) is 5.00. The van der Waals surface area contributed by atoms with E-state index in [-0.39, 0.29) is 12.5 Å². The van der Waals surface area contributed by atoms with Gasteiger partial charge < -0.3 is 25.3 Å². The van der Waals surface area contributed by atoms with Crippen molar-refractivity contribution >= 4 is 16.0 Å². The highest BCUT2D eigenvalue weighted by molar-refractivity contribution is 7.86. The van der Waals surface area contributed by atoms with Gasteiger partial charge in [-0.05, 0) is 12.1 Å². The number of carbonyl (C=O) groups is 1. The molecule has 146 valence electrons. The van der Waals surface area contributed by atoms with E-state index in [2.05, 4.69) is 5.32 Å². The number of ether oxygens (including phenoxy) is 3. The first-order valence-corrected chi connectivity index (χ1v) is 9.77. The second-order valence-electron chi connectivity index (χ2n) is 5.84. The Balaban J connectivity index is 2.29. The Morgan fingerprint density at radius 2 is 1.85 bits per heavy atom. The minimum Gasteiger partial charge on any atom is -0.376 e. The Labute approximate surface area is 152 Å². The van der Waals surface area contributed by atoms with Crippen LogP contribution in [-0.4, -0.2) is 72.0 Å². The van der Waals surface area contributed by atoms with Crippen LogP contribution in [0.3, 0.4) is 0 Å². The van der Waals surface area contributed by atoms with Gasteiger partial charge in [0.05, 0.1) is 6.26 Å². The number of hydrogen-bond donors (Lipinski definition) is 2. The van der Waals surface area contributed by atoms with Gasteiger partial charge in [0.1, 0.15) is 24.4 Å². The number of methoxy groups -OCH3 is 2. The number of rotatable bonds is 7. The summed E-state index contributed by atoms with van der Waals surface area (Å²) >= 11 is 0. The van der Waals surface area contributed by atoms with E-state index in [4.69, 9.17) is 24.1 Å². The highest BCUT2D eigenvalue weighted by Gasteiger charge is 2.49. The van der Waals surface area contributed by atoms with E-state index in [0.29, 0.717) is 5.56 Å². The first-order chi connectivity index (χ1) is 12.3. The molecular weight excluding hydrogens is 364 g/mol. The number of amides is 1. The molecule has 1 aromatic rings. The molecule has 10 heteroatoms. The molecule has 1 aromatic carbocycles. The zero-order valence-electron chi connectivity index (χ0n) is 14.8. The van der Waals surface area contributed by atoms with Crippen LogP contribution in [-0.2, 0) is 28.5 Å². The highest BCUT2D eigenvalue weighted by atomic mass is 32.2. The molecule has 0 bridgehead atoms. The van der Waals surface area contributed by atoms with Crippen LogP contribution >= 0.6 is 0 Å². The molecule has 1 fully saturated rings. The average Bonchev–Trinajstić information content (AvgIpc) is 2.61. The minimum atomic E-state index is -3.81. The molecule has 3 N–H and O–H groups in total. The fourth-order valence-electron chi connectivity index (χ4n) is 2.87. The van der Waals surface area contributed by atoms with E-state index in [9.17, 15) is 13.2 Å². The fraction of sp³-hybridized carbons (Fsp3) is 0.562. The van der Waals surface area contributed by atoms with Crippen molar-refractivity contribution in [2.75, 3.05) is 27.0 Å². The summed E-state index contributed by atoms with van der Waals surface area (Å²) in [6.07, 6.45) is -2.64. The largest absolute Gasteiger partial charge is 0.376 e. The normalized spacial score (nSPS) is 29.3. The van der Waals surface area contributed by atoms with Gasteiger partial charge in [0.15, 0.2) is 6.29 Å². The standard InChI is InChI=1S/C16H24N2O7S/c1-22-14-12(18-15(19)10-7-5-4-6-8-10)16(23-2)24-11(9-17)13(14)25-26(3,20)21/h4-8,11-14,16H,9,17H2,1-3H3,(H,18,19)/t11-,12+,13+,14+,16-/m0/s1. The molecule has 5 atom stereocenters. The van der Waals surface area contributed by atoms with E-state index in [0.717, 1.165) is 6.26 Å². The van der Waals surface area contributed by atoms with Gasteiger partial charge in [-0.1, -0.05) is 18.2 Å². The van der Waals surface area contributed by atoms with Gasteiger partial charge in [0, 0.05) is 26.3 Å². The summed E-state index contributed by atoms with van der Waals surface area (Å²) < 4.78 is 44.8. The Hall–Kier alpha value is -1.56. The second kappa shape index (κ2) is 8.89. The zero-order valence-corrected chi connectivity index (χ0v) is 15.6. The topological polar surface area (TPSA) is 126 Å². The van der Waals surface area contributed by atoms with Crippen LogP contribution in [0, 0.1) is 0 Å². The maximum Gasteiger partial charge on any atom is 0.264 e. The highest BCUT2D eigenvalue weighted by Crippen LogP contribution is 2.27. The molecule has 1 heterocycles. The monoisotopic (exact) mass is 388 g/mol. The molecule has 1 aliphatic heterocycles. The summed E-state index contributed by atoms with van der Waals surface area (Å²) in [7, 11) is -1.01. The van der Waals surface area contributed by atoms with Crippen molar-refractivity contribution in [2.24, 2.45) is 5.73 Å². The number of nitrogens with one attached hydrogen (secondary N) is 1. The van der Waals surface area contributed by atoms with E-state index < -0.39 is 40.8 Å². The van der Waals surface area contributed by atoms with Crippen molar-refractivity contribution in [2.45, 2.75) is 30.6 Å². The number of hydrogen-bond acceptors (Lipinski definition) is 8. The number of benzene rings is 1. The van der Waals surface area contributed by atoms with Crippen molar-refractivity contribution in [1.82, 2.24) is 5.32 Å². The Bertz CT molecular complexity index is 698. The Kier molecular flexibility index (Phi) is 7.09. The molecule has 1 aliphatic rings. The number of carbonyl (C=O) groups excluding carboxylic acids is 1. The smallest absolute Gasteiger partial charge is 0.264 e. The summed E-state index contributed by atoms with van der Waals surface area (Å²) in [6, 6.07) is 7.73. The van der Waals surface area contributed by atoms with Crippen LogP contribution in [0.2, 0.25) is 0 Å². The fourth-order valence-corrected chi connectivity index (χ4v) is 3.51. The Morgan fingerprint density at radius 1 is 1.19 bits per heavy atom. The lowest BCUT2D eigenvalue weighted by Gasteiger charge is -2.44. The maximum atomic E-state index is 12.5. The van der Waals surface area contributed by atoms with E-state index in [1.807, 2.05) is 0 Å². The van der Waals surface area contributed by atoms with Crippen LogP contribution in [0.1, 0.15) is 10.4 Å².